The number of hydrogen-bond donors (Lipinski definition) is 2. The third-order valence-corrected chi connectivity index (χ3v) is 3.39. The molecule has 2 N–H and O–H groups in total. The van der Waals surface area contributed by atoms with Gasteiger partial charge >= 0.3 is 0 Å². The zero-order valence-corrected chi connectivity index (χ0v) is 14.2. The van der Waals surface area contributed by atoms with Crippen molar-refractivity contribution in [1.82, 2.24) is 9.97 Å². The summed E-state index contributed by atoms with van der Waals surface area (Å²) in [6.45, 7) is 10.7. The normalized spacial score (nSPS) is 11.3. The third-order valence-electron chi connectivity index (χ3n) is 3.39. The van der Waals surface area contributed by atoms with Crippen LogP contribution in [-0.4, -0.2) is 15.5 Å². The summed E-state index contributed by atoms with van der Waals surface area (Å²) in [5, 5.41) is 6.78. The summed E-state index contributed by atoms with van der Waals surface area (Å²) in [5.74, 6) is 1.46. The summed E-state index contributed by atoms with van der Waals surface area (Å²) in [4.78, 5) is 8.92. The molecule has 118 valence electrons. The molecular weight excluding hydrogens is 272 g/mol. The van der Waals surface area contributed by atoms with Gasteiger partial charge in [-0.3, -0.25) is 0 Å². The van der Waals surface area contributed by atoms with Crippen LogP contribution in [0, 0.1) is 0 Å². The monoisotopic (exact) mass is 298 g/mol. The quantitative estimate of drug-likeness (QED) is 0.850. The molecule has 0 fully saturated rings. The second kappa shape index (κ2) is 6.77. The van der Waals surface area contributed by atoms with Crippen LogP contribution in [0.3, 0.4) is 0 Å². The molecule has 0 aliphatic heterocycles. The lowest BCUT2D eigenvalue weighted by atomic mass is 10.0. The first-order valence-electron chi connectivity index (χ1n) is 7.92. The van der Waals surface area contributed by atoms with Crippen LogP contribution in [0.4, 0.5) is 17.5 Å². The summed E-state index contributed by atoms with van der Waals surface area (Å²) in [6.07, 6.45) is 3.75. The summed E-state index contributed by atoms with van der Waals surface area (Å²) in [5.41, 5.74) is 3.69. The van der Waals surface area contributed by atoms with Gasteiger partial charge in [0.15, 0.2) is 0 Å². The molecule has 1 aromatic heterocycles. The second-order valence-corrected chi connectivity index (χ2v) is 6.42. The van der Waals surface area contributed by atoms with E-state index in [2.05, 4.69) is 73.4 Å². The SMILES string of the molecule is CCc1cccc(CC)c1Nc1nccc(NC(C)(C)C)n1. The van der Waals surface area contributed by atoms with E-state index in [1.54, 1.807) is 6.20 Å². The number of hydrogen-bond acceptors (Lipinski definition) is 4. The zero-order valence-electron chi connectivity index (χ0n) is 14.2. The maximum Gasteiger partial charge on any atom is 0.229 e. The number of para-hydroxylation sites is 1. The van der Waals surface area contributed by atoms with E-state index in [0.717, 1.165) is 24.3 Å². The van der Waals surface area contributed by atoms with Gasteiger partial charge in [0.25, 0.3) is 0 Å². The average Bonchev–Trinajstić information content (AvgIpc) is 2.46. The van der Waals surface area contributed by atoms with Crippen molar-refractivity contribution in [2.45, 2.75) is 53.0 Å². The van der Waals surface area contributed by atoms with E-state index < -0.39 is 0 Å². The van der Waals surface area contributed by atoms with Crippen LogP contribution in [0.5, 0.6) is 0 Å². The van der Waals surface area contributed by atoms with E-state index in [1.165, 1.54) is 11.1 Å². The Morgan fingerprint density at radius 2 is 1.64 bits per heavy atom. The van der Waals surface area contributed by atoms with Gasteiger partial charge in [-0.05, 0) is 50.8 Å². The molecule has 22 heavy (non-hydrogen) atoms. The molecule has 2 aromatic rings. The van der Waals surface area contributed by atoms with Crippen LogP contribution in [0.2, 0.25) is 0 Å². The molecule has 0 radical (unpaired) electrons. The van der Waals surface area contributed by atoms with E-state index >= 15 is 0 Å². The summed E-state index contributed by atoms with van der Waals surface area (Å²) < 4.78 is 0. The van der Waals surface area contributed by atoms with Crippen molar-refractivity contribution in [3.05, 3.63) is 41.6 Å². The van der Waals surface area contributed by atoms with E-state index in [1.807, 2.05) is 6.07 Å². The highest BCUT2D eigenvalue weighted by Gasteiger charge is 2.12. The second-order valence-electron chi connectivity index (χ2n) is 6.42. The average molecular weight is 298 g/mol. The third kappa shape index (κ3) is 4.20. The van der Waals surface area contributed by atoms with Crippen LogP contribution in [0.15, 0.2) is 30.5 Å². The molecule has 0 unspecified atom stereocenters. The van der Waals surface area contributed by atoms with Gasteiger partial charge in [0.2, 0.25) is 5.95 Å². The van der Waals surface area contributed by atoms with Crippen LogP contribution in [-0.2, 0) is 12.8 Å². The van der Waals surface area contributed by atoms with Crippen LogP contribution in [0.1, 0.15) is 45.7 Å². The molecule has 4 nitrogen and oxygen atoms in total. The zero-order chi connectivity index (χ0) is 16.2. The first kappa shape index (κ1) is 16.3. The Bertz CT molecular complexity index is 607. The number of nitrogens with zero attached hydrogens (tertiary/aromatic N) is 2. The Morgan fingerprint density at radius 1 is 1.00 bits per heavy atom. The molecule has 0 atom stereocenters. The topological polar surface area (TPSA) is 49.8 Å². The molecule has 0 aliphatic carbocycles. The molecular formula is C18H26N4. The Balaban J connectivity index is 2.30. The number of aromatic nitrogens is 2. The van der Waals surface area contributed by atoms with Crippen molar-refractivity contribution in [1.29, 1.82) is 0 Å². The highest BCUT2D eigenvalue weighted by atomic mass is 15.2. The molecule has 4 heteroatoms. The summed E-state index contributed by atoms with van der Waals surface area (Å²) in [6, 6.07) is 8.31. The summed E-state index contributed by atoms with van der Waals surface area (Å²) in [7, 11) is 0. The van der Waals surface area contributed by atoms with Gasteiger partial charge in [-0.2, -0.15) is 4.98 Å². The Hall–Kier alpha value is -2.10. The van der Waals surface area contributed by atoms with Crippen LogP contribution >= 0.6 is 0 Å². The lowest BCUT2D eigenvalue weighted by Gasteiger charge is -2.21. The number of anilines is 3. The van der Waals surface area contributed by atoms with Gasteiger partial charge in [-0.1, -0.05) is 32.0 Å². The fourth-order valence-electron chi connectivity index (χ4n) is 2.39. The minimum atomic E-state index is -0.0263. The number of rotatable bonds is 5. The Labute approximate surface area is 133 Å². The fraction of sp³-hybridized carbons (Fsp3) is 0.444. The molecule has 0 amide bonds. The Morgan fingerprint density at radius 3 is 2.18 bits per heavy atom. The number of aryl methyl sites for hydroxylation is 2. The first-order chi connectivity index (χ1) is 10.4. The van der Waals surface area contributed by atoms with Crippen LogP contribution < -0.4 is 10.6 Å². The number of benzene rings is 1. The maximum atomic E-state index is 4.57. The highest BCUT2D eigenvalue weighted by Crippen LogP contribution is 2.25. The molecule has 0 saturated heterocycles. The van der Waals surface area contributed by atoms with E-state index in [-0.39, 0.29) is 5.54 Å². The predicted molar refractivity (Wildman–Crippen MR) is 93.9 cm³/mol. The molecule has 0 aliphatic rings. The van der Waals surface area contributed by atoms with Crippen molar-refractivity contribution in [2.75, 3.05) is 10.6 Å². The van der Waals surface area contributed by atoms with Gasteiger partial charge < -0.3 is 10.6 Å². The van der Waals surface area contributed by atoms with Crippen molar-refractivity contribution in [3.63, 3.8) is 0 Å². The first-order valence-corrected chi connectivity index (χ1v) is 7.92. The molecule has 0 bridgehead atoms. The standard InChI is InChI=1S/C18H26N4/c1-6-13-9-8-10-14(7-2)16(13)21-17-19-12-11-15(20-17)22-18(3,4)5/h8-12H,6-7H2,1-5H3,(H2,19,20,21,22). The van der Waals surface area contributed by atoms with E-state index in [4.69, 9.17) is 0 Å². The smallest absolute Gasteiger partial charge is 0.229 e. The molecule has 2 rings (SSSR count). The molecule has 1 aromatic carbocycles. The highest BCUT2D eigenvalue weighted by molar-refractivity contribution is 5.64. The van der Waals surface area contributed by atoms with Gasteiger partial charge in [-0.25, -0.2) is 4.98 Å². The largest absolute Gasteiger partial charge is 0.365 e. The van der Waals surface area contributed by atoms with Crippen LogP contribution in [0.25, 0.3) is 0 Å². The summed E-state index contributed by atoms with van der Waals surface area (Å²) >= 11 is 0. The molecule has 1 heterocycles. The van der Waals surface area contributed by atoms with E-state index in [0.29, 0.717) is 5.95 Å². The predicted octanol–water partition coefficient (Wildman–Crippen LogP) is 4.56. The lowest BCUT2D eigenvalue weighted by Crippen LogP contribution is -2.26. The van der Waals surface area contributed by atoms with Gasteiger partial charge in [-0.15, -0.1) is 0 Å². The van der Waals surface area contributed by atoms with E-state index in [9.17, 15) is 0 Å². The lowest BCUT2D eigenvalue weighted by molar-refractivity contribution is 0.630. The van der Waals surface area contributed by atoms with Gasteiger partial charge in [0.1, 0.15) is 5.82 Å². The fourth-order valence-corrected chi connectivity index (χ4v) is 2.39. The van der Waals surface area contributed by atoms with Gasteiger partial charge in [0, 0.05) is 17.4 Å². The van der Waals surface area contributed by atoms with Crippen molar-refractivity contribution < 1.29 is 0 Å². The minimum absolute atomic E-state index is 0.0263. The van der Waals surface area contributed by atoms with Crippen molar-refractivity contribution in [2.24, 2.45) is 0 Å². The van der Waals surface area contributed by atoms with Crippen molar-refractivity contribution >= 4 is 17.5 Å². The maximum absolute atomic E-state index is 4.57. The minimum Gasteiger partial charge on any atom is -0.365 e. The van der Waals surface area contributed by atoms with Crippen molar-refractivity contribution in [3.8, 4) is 0 Å². The molecule has 0 saturated carbocycles. The molecule has 0 spiro atoms. The van der Waals surface area contributed by atoms with Gasteiger partial charge in [0.05, 0.1) is 0 Å². The Kier molecular flexibility index (Phi) is 5.01. The number of nitrogens with one attached hydrogen (secondary N) is 2.